The van der Waals surface area contributed by atoms with Gasteiger partial charge in [-0.05, 0) is 41.8 Å². The molecule has 1 saturated heterocycles. The van der Waals surface area contributed by atoms with Gasteiger partial charge in [-0.25, -0.2) is 8.78 Å². The minimum absolute atomic E-state index is 0.0998. The van der Waals surface area contributed by atoms with E-state index in [0.29, 0.717) is 30.0 Å². The van der Waals surface area contributed by atoms with Crippen LogP contribution >= 0.6 is 11.8 Å². The predicted molar refractivity (Wildman–Crippen MR) is 109 cm³/mol. The Morgan fingerprint density at radius 3 is 2.52 bits per heavy atom. The third-order valence-electron chi connectivity index (χ3n) is 5.29. The maximum absolute atomic E-state index is 14.2. The van der Waals surface area contributed by atoms with E-state index in [-0.39, 0.29) is 30.1 Å². The van der Waals surface area contributed by atoms with Crippen molar-refractivity contribution in [2.24, 2.45) is 5.92 Å². The van der Waals surface area contributed by atoms with Crippen LogP contribution in [-0.4, -0.2) is 29.0 Å². The lowest BCUT2D eigenvalue weighted by molar-refractivity contribution is -0.140. The van der Waals surface area contributed by atoms with Crippen LogP contribution in [0.5, 0.6) is 0 Å². The summed E-state index contributed by atoms with van der Waals surface area (Å²) in [6.07, 6.45) is 0.332. The van der Waals surface area contributed by atoms with Gasteiger partial charge in [-0.2, -0.15) is 0 Å². The second-order valence-electron chi connectivity index (χ2n) is 7.82. The summed E-state index contributed by atoms with van der Waals surface area (Å²) in [7, 11) is 0. The maximum atomic E-state index is 14.2. The minimum atomic E-state index is -1.23. The van der Waals surface area contributed by atoms with Crippen molar-refractivity contribution in [3.8, 4) is 0 Å². The van der Waals surface area contributed by atoms with E-state index < -0.39 is 10.7 Å². The zero-order valence-electron chi connectivity index (χ0n) is 16.3. The van der Waals surface area contributed by atoms with E-state index in [1.165, 1.54) is 36.0 Å². The second-order valence-corrected chi connectivity index (χ2v) is 9.10. The SMILES string of the molecule is CC(C)CC(=O)N1CCS[C@]12C(=O)N(Cc1ccc(F)cc1)c1ccc(F)cc12. The van der Waals surface area contributed by atoms with Gasteiger partial charge < -0.3 is 9.80 Å². The fourth-order valence-corrected chi connectivity index (χ4v) is 5.50. The lowest BCUT2D eigenvalue weighted by Crippen LogP contribution is -2.50. The van der Waals surface area contributed by atoms with Crippen LogP contribution in [0.1, 0.15) is 31.4 Å². The van der Waals surface area contributed by atoms with E-state index in [2.05, 4.69) is 0 Å². The summed E-state index contributed by atoms with van der Waals surface area (Å²) in [6.45, 7) is 4.59. The van der Waals surface area contributed by atoms with Crippen molar-refractivity contribution in [1.82, 2.24) is 4.90 Å². The lowest BCUT2D eigenvalue weighted by Gasteiger charge is -2.33. The summed E-state index contributed by atoms with van der Waals surface area (Å²) in [5.41, 5.74) is 1.87. The average Bonchev–Trinajstić information content (AvgIpc) is 3.20. The normalized spacial score (nSPS) is 20.8. The van der Waals surface area contributed by atoms with Crippen molar-refractivity contribution in [2.45, 2.75) is 31.7 Å². The van der Waals surface area contributed by atoms with Gasteiger partial charge >= 0.3 is 0 Å². The monoisotopic (exact) mass is 416 g/mol. The Balaban J connectivity index is 1.77. The summed E-state index contributed by atoms with van der Waals surface area (Å²) in [5, 5.41) is 0. The van der Waals surface area contributed by atoms with E-state index >= 15 is 0 Å². The molecule has 2 aliphatic heterocycles. The van der Waals surface area contributed by atoms with Crippen LogP contribution in [0, 0.1) is 17.6 Å². The summed E-state index contributed by atoms with van der Waals surface area (Å²) in [5.74, 6) is -0.376. The Kier molecular flexibility index (Phi) is 5.11. The largest absolute Gasteiger partial charge is 0.315 e. The predicted octanol–water partition coefficient (Wildman–Crippen LogP) is 4.29. The number of hydrogen-bond acceptors (Lipinski definition) is 3. The van der Waals surface area contributed by atoms with Crippen LogP contribution in [0.15, 0.2) is 42.5 Å². The molecule has 4 rings (SSSR count). The highest BCUT2D eigenvalue weighted by atomic mass is 32.2. The highest BCUT2D eigenvalue weighted by Gasteiger charge is 2.59. The molecule has 7 heteroatoms. The van der Waals surface area contributed by atoms with Crippen LogP contribution in [0.4, 0.5) is 14.5 Å². The lowest BCUT2D eigenvalue weighted by atomic mass is 10.0. The molecule has 0 aliphatic carbocycles. The molecule has 1 atom stereocenters. The van der Waals surface area contributed by atoms with Crippen molar-refractivity contribution in [3.63, 3.8) is 0 Å². The van der Waals surface area contributed by atoms with Gasteiger partial charge in [0, 0.05) is 24.3 Å². The summed E-state index contributed by atoms with van der Waals surface area (Å²) in [4.78, 5) is 28.6. The zero-order chi connectivity index (χ0) is 20.8. The third kappa shape index (κ3) is 3.31. The summed E-state index contributed by atoms with van der Waals surface area (Å²) in [6, 6.07) is 10.2. The first-order valence-electron chi connectivity index (χ1n) is 9.64. The molecule has 2 amide bonds. The Morgan fingerprint density at radius 1 is 1.14 bits per heavy atom. The Morgan fingerprint density at radius 2 is 1.83 bits per heavy atom. The number of fused-ring (bicyclic) bond motifs is 2. The van der Waals surface area contributed by atoms with Gasteiger partial charge in [0.05, 0.1) is 12.2 Å². The van der Waals surface area contributed by atoms with Crippen LogP contribution in [0.25, 0.3) is 0 Å². The number of carbonyl (C=O) groups excluding carboxylic acids is 2. The van der Waals surface area contributed by atoms with E-state index in [9.17, 15) is 18.4 Å². The fourth-order valence-electron chi connectivity index (χ4n) is 4.03. The first-order chi connectivity index (χ1) is 13.8. The number of hydrogen-bond donors (Lipinski definition) is 0. The van der Waals surface area contributed by atoms with E-state index in [1.807, 2.05) is 13.8 Å². The topological polar surface area (TPSA) is 40.6 Å². The first-order valence-corrected chi connectivity index (χ1v) is 10.6. The van der Waals surface area contributed by atoms with Crippen molar-refractivity contribution in [3.05, 3.63) is 65.2 Å². The number of rotatable bonds is 4. The van der Waals surface area contributed by atoms with Crippen LogP contribution in [-0.2, 0) is 21.0 Å². The maximum Gasteiger partial charge on any atom is 0.268 e. The Labute approximate surface area is 172 Å². The molecular weight excluding hydrogens is 394 g/mol. The molecule has 0 aromatic heterocycles. The van der Waals surface area contributed by atoms with Gasteiger partial charge in [0.1, 0.15) is 11.6 Å². The number of carbonyl (C=O) groups is 2. The van der Waals surface area contributed by atoms with E-state index in [1.54, 1.807) is 28.0 Å². The van der Waals surface area contributed by atoms with Gasteiger partial charge in [0.2, 0.25) is 5.91 Å². The molecule has 1 fully saturated rings. The van der Waals surface area contributed by atoms with Gasteiger partial charge in [0.15, 0.2) is 4.87 Å². The third-order valence-corrected chi connectivity index (χ3v) is 6.71. The zero-order valence-corrected chi connectivity index (χ0v) is 17.1. The minimum Gasteiger partial charge on any atom is -0.315 e. The second kappa shape index (κ2) is 7.44. The Hall–Kier alpha value is -2.41. The average molecular weight is 416 g/mol. The number of thioether (sulfide) groups is 1. The highest BCUT2D eigenvalue weighted by Crippen LogP contribution is 2.54. The number of nitrogens with zero attached hydrogens (tertiary/aromatic N) is 2. The van der Waals surface area contributed by atoms with Gasteiger partial charge in [-0.15, -0.1) is 11.8 Å². The molecule has 0 radical (unpaired) electrons. The molecule has 2 aromatic rings. The molecule has 152 valence electrons. The van der Waals surface area contributed by atoms with Crippen molar-refractivity contribution < 1.29 is 18.4 Å². The molecule has 0 saturated carbocycles. The summed E-state index contributed by atoms with van der Waals surface area (Å²) < 4.78 is 27.5. The summed E-state index contributed by atoms with van der Waals surface area (Å²) >= 11 is 1.38. The van der Waals surface area contributed by atoms with Gasteiger partial charge in [-0.3, -0.25) is 9.59 Å². The van der Waals surface area contributed by atoms with Crippen LogP contribution < -0.4 is 4.90 Å². The molecule has 29 heavy (non-hydrogen) atoms. The molecule has 2 heterocycles. The molecule has 2 aromatic carbocycles. The molecule has 0 N–H and O–H groups in total. The highest BCUT2D eigenvalue weighted by molar-refractivity contribution is 8.01. The molecule has 0 bridgehead atoms. The first kappa shape index (κ1) is 19.9. The molecule has 0 unspecified atom stereocenters. The smallest absolute Gasteiger partial charge is 0.268 e. The van der Waals surface area contributed by atoms with E-state index in [4.69, 9.17) is 0 Å². The Bertz CT molecular complexity index is 964. The molecule has 4 nitrogen and oxygen atoms in total. The van der Waals surface area contributed by atoms with Gasteiger partial charge in [0.25, 0.3) is 5.91 Å². The van der Waals surface area contributed by atoms with E-state index in [0.717, 1.165) is 5.56 Å². The molecule has 2 aliphatic rings. The van der Waals surface area contributed by atoms with Crippen molar-refractivity contribution >= 4 is 29.3 Å². The van der Waals surface area contributed by atoms with Crippen molar-refractivity contribution in [2.75, 3.05) is 17.2 Å². The van der Waals surface area contributed by atoms with Crippen LogP contribution in [0.3, 0.4) is 0 Å². The number of amides is 2. The number of benzene rings is 2. The van der Waals surface area contributed by atoms with Crippen molar-refractivity contribution in [1.29, 1.82) is 0 Å². The number of halogens is 2. The molecular formula is C22H22F2N2O2S. The molecule has 1 spiro atoms. The standard InChI is InChI=1S/C22H22F2N2O2S/c1-14(2)11-20(27)26-9-10-29-22(26)18-12-17(24)7-8-19(18)25(21(22)28)13-15-3-5-16(23)6-4-15/h3-8,12,14H,9-11,13H2,1-2H3/t22-/m1/s1. The van der Waals surface area contributed by atoms with Crippen LogP contribution in [0.2, 0.25) is 0 Å². The van der Waals surface area contributed by atoms with Gasteiger partial charge in [-0.1, -0.05) is 26.0 Å². The fraction of sp³-hybridized carbons (Fsp3) is 0.364. The quantitative estimate of drug-likeness (QED) is 0.747. The number of anilines is 1.